The summed E-state index contributed by atoms with van der Waals surface area (Å²) in [6.07, 6.45) is 0. The number of allylic oxidation sites excluding steroid dienone is 1. The molecule has 2 aromatic heterocycles. The average Bonchev–Trinajstić information content (AvgIpc) is 2.98. The fraction of sp³-hybridized carbons (Fsp3) is 0.214. The molecule has 3 rings (SSSR count). The molecule has 1 aliphatic rings. The monoisotopic (exact) mass is 334 g/mol. The van der Waals surface area contributed by atoms with E-state index < -0.39 is 5.97 Å². The number of hydrogen-bond donors (Lipinski definition) is 3. The molecule has 0 amide bonds. The van der Waals surface area contributed by atoms with Crippen molar-refractivity contribution < 1.29 is 9.53 Å². The van der Waals surface area contributed by atoms with Crippen LogP contribution in [0.1, 0.15) is 23.3 Å². The minimum absolute atomic E-state index is 0.294. The molecule has 1 atom stereocenters. The van der Waals surface area contributed by atoms with E-state index in [0.717, 1.165) is 4.88 Å². The first-order valence-corrected chi connectivity index (χ1v) is 7.81. The van der Waals surface area contributed by atoms with Gasteiger partial charge in [-0.2, -0.15) is 0 Å². The van der Waals surface area contributed by atoms with Crippen molar-refractivity contribution in [3.05, 3.63) is 44.0 Å². The molecular formula is C14H14N4O2S2. The highest BCUT2D eigenvalue weighted by atomic mass is 32.1. The number of aromatic nitrogens is 2. The average molecular weight is 334 g/mol. The van der Waals surface area contributed by atoms with Crippen LogP contribution in [0.15, 0.2) is 28.8 Å². The van der Waals surface area contributed by atoms with Gasteiger partial charge in [0.15, 0.2) is 4.77 Å². The summed E-state index contributed by atoms with van der Waals surface area (Å²) in [6, 6.07) is 3.89. The molecule has 0 saturated heterocycles. The fourth-order valence-corrected chi connectivity index (χ4v) is 3.66. The third-order valence-electron chi connectivity index (χ3n) is 3.52. The number of rotatable bonds is 2. The summed E-state index contributed by atoms with van der Waals surface area (Å²) in [4.78, 5) is 20.4. The van der Waals surface area contributed by atoms with Crippen LogP contribution in [0.5, 0.6) is 0 Å². The van der Waals surface area contributed by atoms with Crippen molar-refractivity contribution in [2.45, 2.75) is 12.8 Å². The van der Waals surface area contributed by atoms with Gasteiger partial charge < -0.3 is 20.8 Å². The van der Waals surface area contributed by atoms with Crippen molar-refractivity contribution in [1.29, 1.82) is 0 Å². The summed E-state index contributed by atoms with van der Waals surface area (Å²) in [7, 11) is 1.36. The Balaban J connectivity index is 2.29. The summed E-state index contributed by atoms with van der Waals surface area (Å²) >= 11 is 6.62. The molecule has 0 aliphatic carbocycles. The SMILES string of the molecule is COC(=O)C1=C(C)Nc2nc(=S)[nH]c(N)c2C1c1cccs1. The van der Waals surface area contributed by atoms with Crippen molar-refractivity contribution in [2.24, 2.45) is 0 Å². The molecule has 0 spiro atoms. The van der Waals surface area contributed by atoms with Crippen molar-refractivity contribution in [1.82, 2.24) is 9.97 Å². The predicted molar refractivity (Wildman–Crippen MR) is 88.3 cm³/mol. The van der Waals surface area contributed by atoms with Crippen LogP contribution in [-0.4, -0.2) is 23.0 Å². The second-order valence-electron chi connectivity index (χ2n) is 4.82. The fourth-order valence-electron chi connectivity index (χ4n) is 2.61. The molecule has 22 heavy (non-hydrogen) atoms. The molecule has 1 unspecified atom stereocenters. The quantitative estimate of drug-likeness (QED) is 0.578. The van der Waals surface area contributed by atoms with Gasteiger partial charge in [-0.25, -0.2) is 9.78 Å². The van der Waals surface area contributed by atoms with E-state index in [4.69, 9.17) is 22.7 Å². The summed E-state index contributed by atoms with van der Waals surface area (Å²) in [6.45, 7) is 1.81. The smallest absolute Gasteiger partial charge is 0.336 e. The minimum atomic E-state index is -0.393. The van der Waals surface area contributed by atoms with Crippen LogP contribution >= 0.6 is 23.6 Å². The highest BCUT2D eigenvalue weighted by Crippen LogP contribution is 2.44. The first kappa shape index (κ1) is 14.7. The predicted octanol–water partition coefficient (Wildman–Crippen LogP) is 2.79. The second-order valence-corrected chi connectivity index (χ2v) is 6.19. The molecular weight excluding hydrogens is 320 g/mol. The number of nitrogens with two attached hydrogens (primary N) is 1. The number of thiophene rings is 1. The molecule has 114 valence electrons. The number of fused-ring (bicyclic) bond motifs is 1. The first-order valence-electron chi connectivity index (χ1n) is 6.52. The van der Waals surface area contributed by atoms with Gasteiger partial charge in [0, 0.05) is 16.1 Å². The Bertz CT molecular complexity index is 824. The summed E-state index contributed by atoms with van der Waals surface area (Å²) < 4.78 is 5.24. The van der Waals surface area contributed by atoms with E-state index in [0.29, 0.717) is 33.2 Å². The molecule has 1 aliphatic heterocycles. The third-order valence-corrected chi connectivity index (χ3v) is 4.65. The van der Waals surface area contributed by atoms with E-state index in [1.54, 1.807) is 11.3 Å². The van der Waals surface area contributed by atoms with E-state index in [9.17, 15) is 4.79 Å². The number of ether oxygens (including phenoxy) is 1. The van der Waals surface area contributed by atoms with Gasteiger partial charge in [-0.3, -0.25) is 0 Å². The lowest BCUT2D eigenvalue weighted by atomic mass is 9.86. The van der Waals surface area contributed by atoms with E-state index in [-0.39, 0.29) is 5.92 Å². The largest absolute Gasteiger partial charge is 0.466 e. The van der Waals surface area contributed by atoms with Crippen LogP contribution in [-0.2, 0) is 9.53 Å². The first-order chi connectivity index (χ1) is 10.5. The third kappa shape index (κ3) is 2.30. The van der Waals surface area contributed by atoms with Gasteiger partial charge in [0.25, 0.3) is 0 Å². The van der Waals surface area contributed by atoms with Gasteiger partial charge in [-0.1, -0.05) is 6.07 Å². The molecule has 0 bridgehead atoms. The zero-order valence-corrected chi connectivity index (χ0v) is 13.6. The number of anilines is 2. The van der Waals surface area contributed by atoms with E-state index in [1.807, 2.05) is 24.4 Å². The van der Waals surface area contributed by atoms with Crippen molar-refractivity contribution in [2.75, 3.05) is 18.2 Å². The summed E-state index contributed by atoms with van der Waals surface area (Å²) in [5, 5.41) is 5.06. The van der Waals surface area contributed by atoms with Crippen LogP contribution in [0.3, 0.4) is 0 Å². The molecule has 2 aromatic rings. The van der Waals surface area contributed by atoms with Crippen molar-refractivity contribution >= 4 is 41.2 Å². The number of carbonyl (C=O) groups excluding carboxylic acids is 1. The molecule has 0 radical (unpaired) electrons. The zero-order valence-electron chi connectivity index (χ0n) is 12.0. The number of nitrogen functional groups attached to an aromatic ring is 1. The number of esters is 1. The van der Waals surface area contributed by atoms with Gasteiger partial charge in [-0.05, 0) is 30.6 Å². The van der Waals surface area contributed by atoms with Gasteiger partial charge in [0.05, 0.1) is 18.6 Å². The Morgan fingerprint density at radius 2 is 2.32 bits per heavy atom. The van der Waals surface area contributed by atoms with Crippen LogP contribution in [0.25, 0.3) is 0 Å². The maximum atomic E-state index is 12.3. The van der Waals surface area contributed by atoms with Gasteiger partial charge in [0.1, 0.15) is 11.6 Å². The Morgan fingerprint density at radius 1 is 1.55 bits per heavy atom. The maximum Gasteiger partial charge on any atom is 0.336 e. The van der Waals surface area contributed by atoms with Crippen LogP contribution in [0.4, 0.5) is 11.6 Å². The molecule has 4 N–H and O–H groups in total. The van der Waals surface area contributed by atoms with Gasteiger partial charge in [-0.15, -0.1) is 11.3 Å². The number of nitrogens with zero attached hydrogens (tertiary/aromatic N) is 1. The summed E-state index contributed by atoms with van der Waals surface area (Å²) in [5.41, 5.74) is 8.04. The minimum Gasteiger partial charge on any atom is -0.466 e. The number of hydrogen-bond acceptors (Lipinski definition) is 7. The standard InChI is InChI=1S/C14H14N4O2S2/c1-6-8(13(19)20-2)9(7-4-3-5-22-7)10-11(15)17-14(21)18-12(10)16-6/h3-5,9H,1-2H3,(H4,15,16,17,18,21). The van der Waals surface area contributed by atoms with Crippen LogP contribution < -0.4 is 11.1 Å². The van der Waals surface area contributed by atoms with Gasteiger partial charge >= 0.3 is 5.97 Å². The molecule has 3 heterocycles. The molecule has 0 fully saturated rings. The van der Waals surface area contributed by atoms with Gasteiger partial charge in [0.2, 0.25) is 0 Å². The number of carbonyl (C=O) groups is 1. The Hall–Kier alpha value is -2.19. The maximum absolute atomic E-state index is 12.3. The van der Waals surface area contributed by atoms with E-state index in [1.165, 1.54) is 7.11 Å². The Kier molecular flexibility index (Phi) is 3.71. The van der Waals surface area contributed by atoms with Crippen LogP contribution in [0, 0.1) is 4.77 Å². The lowest BCUT2D eigenvalue weighted by Gasteiger charge is -2.28. The topological polar surface area (TPSA) is 93.0 Å². The molecule has 6 nitrogen and oxygen atoms in total. The van der Waals surface area contributed by atoms with E-state index >= 15 is 0 Å². The number of H-pyrrole nitrogens is 1. The zero-order chi connectivity index (χ0) is 15.9. The van der Waals surface area contributed by atoms with E-state index in [2.05, 4.69) is 15.3 Å². The Morgan fingerprint density at radius 3 is 2.95 bits per heavy atom. The highest BCUT2D eigenvalue weighted by Gasteiger charge is 2.36. The van der Waals surface area contributed by atoms with Crippen molar-refractivity contribution in [3.63, 3.8) is 0 Å². The molecule has 8 heteroatoms. The highest BCUT2D eigenvalue weighted by molar-refractivity contribution is 7.71. The lowest BCUT2D eigenvalue weighted by Crippen LogP contribution is -2.25. The summed E-state index contributed by atoms with van der Waals surface area (Å²) in [5.74, 6) is 0.249. The Labute approximate surface area is 136 Å². The molecule has 0 saturated carbocycles. The number of nitrogens with one attached hydrogen (secondary N) is 2. The van der Waals surface area contributed by atoms with Crippen LogP contribution in [0.2, 0.25) is 0 Å². The number of methoxy groups -OCH3 is 1. The second kappa shape index (κ2) is 5.54. The lowest BCUT2D eigenvalue weighted by molar-refractivity contribution is -0.136. The number of aromatic amines is 1. The normalized spacial score (nSPS) is 16.9. The van der Waals surface area contributed by atoms with Crippen molar-refractivity contribution in [3.8, 4) is 0 Å². The molecule has 0 aromatic carbocycles.